The second-order valence-electron chi connectivity index (χ2n) is 8.78. The molecule has 1 aromatic rings. The van der Waals surface area contributed by atoms with E-state index in [0.29, 0.717) is 24.3 Å². The van der Waals surface area contributed by atoms with E-state index in [0.717, 1.165) is 25.7 Å². The van der Waals surface area contributed by atoms with Crippen LogP contribution in [0.25, 0.3) is 0 Å². The third kappa shape index (κ3) is 7.64. The highest BCUT2D eigenvalue weighted by molar-refractivity contribution is 5.90. The van der Waals surface area contributed by atoms with Crippen LogP contribution in [0.4, 0.5) is 5.82 Å². The fourth-order valence-corrected chi connectivity index (χ4v) is 4.83. The van der Waals surface area contributed by atoms with E-state index in [4.69, 9.17) is 0 Å². The Morgan fingerprint density at radius 3 is 2.06 bits per heavy atom. The van der Waals surface area contributed by atoms with Gasteiger partial charge in [0.05, 0.1) is 6.54 Å². The molecule has 0 spiro atoms. The van der Waals surface area contributed by atoms with Gasteiger partial charge in [0, 0.05) is 31.1 Å². The Morgan fingerprint density at radius 2 is 1.48 bits per heavy atom. The monoisotopic (exact) mass is 428 g/mol. The van der Waals surface area contributed by atoms with Gasteiger partial charge >= 0.3 is 0 Å². The summed E-state index contributed by atoms with van der Waals surface area (Å²) in [5, 5.41) is 5.50. The lowest BCUT2D eigenvalue weighted by Gasteiger charge is -2.41. The van der Waals surface area contributed by atoms with Gasteiger partial charge in [-0.25, -0.2) is 4.98 Å². The summed E-state index contributed by atoms with van der Waals surface area (Å²) in [5.74, 6) is 0.225. The van der Waals surface area contributed by atoms with Crippen molar-refractivity contribution in [2.45, 2.75) is 95.6 Å². The molecule has 2 N–H and O–H groups in total. The average molecular weight is 429 g/mol. The van der Waals surface area contributed by atoms with E-state index >= 15 is 0 Å². The number of pyridine rings is 1. The van der Waals surface area contributed by atoms with Crippen LogP contribution in [0, 0.1) is 0 Å². The Morgan fingerprint density at radius 1 is 0.871 bits per heavy atom. The molecule has 2 saturated carbocycles. The molecule has 7 nitrogen and oxygen atoms in total. The number of aromatic nitrogens is 1. The number of anilines is 1. The Hall–Kier alpha value is -2.44. The van der Waals surface area contributed by atoms with Crippen LogP contribution in [0.1, 0.15) is 83.5 Å². The molecular formula is C24H36N4O3. The lowest BCUT2D eigenvalue weighted by atomic mass is 9.88. The maximum Gasteiger partial charge on any atom is 0.242 e. The zero-order chi connectivity index (χ0) is 21.9. The van der Waals surface area contributed by atoms with Gasteiger partial charge in [0.25, 0.3) is 0 Å². The van der Waals surface area contributed by atoms with E-state index in [-0.39, 0.29) is 37.1 Å². The van der Waals surface area contributed by atoms with Gasteiger partial charge < -0.3 is 15.5 Å². The third-order valence-corrected chi connectivity index (χ3v) is 6.40. The number of amides is 3. The van der Waals surface area contributed by atoms with Crippen molar-refractivity contribution in [2.75, 3.05) is 11.9 Å². The van der Waals surface area contributed by atoms with E-state index in [1.165, 1.54) is 38.5 Å². The number of nitrogens with zero attached hydrogens (tertiary/aromatic N) is 2. The second-order valence-corrected chi connectivity index (χ2v) is 8.78. The fourth-order valence-electron chi connectivity index (χ4n) is 4.83. The minimum Gasteiger partial charge on any atom is -0.347 e. The summed E-state index contributed by atoms with van der Waals surface area (Å²) in [6.45, 7) is 0.0615. The molecule has 3 amide bonds. The zero-order valence-electron chi connectivity index (χ0n) is 18.5. The van der Waals surface area contributed by atoms with Gasteiger partial charge in [-0.2, -0.15) is 0 Å². The van der Waals surface area contributed by atoms with Crippen LogP contribution < -0.4 is 10.6 Å². The SMILES string of the molecule is O=C(CCCC(=O)Nc1ccccn1)NCC(=O)N(C1CCCCC1)C1CCCCC1. The smallest absolute Gasteiger partial charge is 0.242 e. The molecule has 1 aromatic heterocycles. The van der Waals surface area contributed by atoms with Crippen LogP contribution in [0.15, 0.2) is 24.4 Å². The minimum atomic E-state index is -0.175. The molecule has 0 saturated heterocycles. The first kappa shape index (κ1) is 23.2. The van der Waals surface area contributed by atoms with Gasteiger partial charge in [-0.3, -0.25) is 14.4 Å². The predicted molar refractivity (Wildman–Crippen MR) is 120 cm³/mol. The molecule has 0 aromatic carbocycles. The molecule has 1 heterocycles. The maximum absolute atomic E-state index is 13.1. The Bertz CT molecular complexity index is 695. The summed E-state index contributed by atoms with van der Waals surface area (Å²) in [6.07, 6.45) is 14.1. The molecule has 2 fully saturated rings. The first-order valence-electron chi connectivity index (χ1n) is 11.9. The predicted octanol–water partition coefficient (Wildman–Crippen LogP) is 3.80. The molecule has 0 unspecified atom stereocenters. The molecule has 7 heteroatoms. The highest BCUT2D eigenvalue weighted by atomic mass is 16.2. The maximum atomic E-state index is 13.1. The number of nitrogens with one attached hydrogen (secondary N) is 2. The minimum absolute atomic E-state index is 0.0556. The molecule has 31 heavy (non-hydrogen) atoms. The largest absolute Gasteiger partial charge is 0.347 e. The van der Waals surface area contributed by atoms with Gasteiger partial charge in [-0.05, 0) is 44.2 Å². The molecule has 0 bridgehead atoms. The molecule has 0 atom stereocenters. The van der Waals surface area contributed by atoms with Crippen molar-refractivity contribution >= 4 is 23.5 Å². The van der Waals surface area contributed by atoms with E-state index in [9.17, 15) is 14.4 Å². The van der Waals surface area contributed by atoms with Crippen LogP contribution in [0.5, 0.6) is 0 Å². The van der Waals surface area contributed by atoms with Crippen LogP contribution in [0.3, 0.4) is 0 Å². The topological polar surface area (TPSA) is 91.4 Å². The van der Waals surface area contributed by atoms with Crippen LogP contribution in [0.2, 0.25) is 0 Å². The molecule has 0 aliphatic heterocycles. The zero-order valence-corrected chi connectivity index (χ0v) is 18.5. The first-order chi connectivity index (χ1) is 15.1. The Labute approximate surface area is 185 Å². The Balaban J connectivity index is 1.40. The fraction of sp³-hybridized carbons (Fsp3) is 0.667. The summed E-state index contributed by atoms with van der Waals surface area (Å²) >= 11 is 0. The van der Waals surface area contributed by atoms with Crippen LogP contribution in [-0.4, -0.2) is 46.2 Å². The molecule has 170 valence electrons. The number of hydrogen-bond acceptors (Lipinski definition) is 4. The average Bonchev–Trinajstić information content (AvgIpc) is 2.80. The van der Waals surface area contributed by atoms with Crippen molar-refractivity contribution in [3.8, 4) is 0 Å². The van der Waals surface area contributed by atoms with Crippen molar-refractivity contribution in [3.63, 3.8) is 0 Å². The van der Waals surface area contributed by atoms with E-state index < -0.39 is 0 Å². The second kappa shape index (κ2) is 12.4. The van der Waals surface area contributed by atoms with Crippen molar-refractivity contribution in [3.05, 3.63) is 24.4 Å². The number of rotatable bonds is 9. The van der Waals surface area contributed by atoms with Gasteiger partial charge in [0.2, 0.25) is 17.7 Å². The van der Waals surface area contributed by atoms with Crippen LogP contribution in [-0.2, 0) is 14.4 Å². The summed E-state index contributed by atoms with van der Waals surface area (Å²) in [6, 6.07) is 5.97. The van der Waals surface area contributed by atoms with E-state index in [1.807, 2.05) is 0 Å². The lowest BCUT2D eigenvalue weighted by molar-refractivity contribution is -0.138. The summed E-state index contributed by atoms with van der Waals surface area (Å²) in [7, 11) is 0. The quantitative estimate of drug-likeness (QED) is 0.626. The van der Waals surface area contributed by atoms with Crippen molar-refractivity contribution in [2.24, 2.45) is 0 Å². The van der Waals surface area contributed by atoms with Gasteiger partial charge in [-0.1, -0.05) is 44.6 Å². The molecule has 2 aliphatic rings. The van der Waals surface area contributed by atoms with Crippen LogP contribution >= 0.6 is 0 Å². The van der Waals surface area contributed by atoms with Crippen molar-refractivity contribution < 1.29 is 14.4 Å². The Kier molecular flexibility index (Phi) is 9.31. The summed E-state index contributed by atoms with van der Waals surface area (Å²) < 4.78 is 0. The van der Waals surface area contributed by atoms with Crippen molar-refractivity contribution in [1.82, 2.24) is 15.2 Å². The third-order valence-electron chi connectivity index (χ3n) is 6.40. The van der Waals surface area contributed by atoms with Gasteiger partial charge in [0.1, 0.15) is 5.82 Å². The van der Waals surface area contributed by atoms with Crippen molar-refractivity contribution in [1.29, 1.82) is 0 Å². The van der Waals surface area contributed by atoms with E-state index in [1.54, 1.807) is 24.4 Å². The highest BCUT2D eigenvalue weighted by Gasteiger charge is 2.32. The number of carbonyl (C=O) groups excluding carboxylic acids is 3. The number of hydrogen-bond donors (Lipinski definition) is 2. The van der Waals surface area contributed by atoms with Gasteiger partial charge in [0.15, 0.2) is 0 Å². The molecular weight excluding hydrogens is 392 g/mol. The molecule has 2 aliphatic carbocycles. The number of carbonyl (C=O) groups is 3. The van der Waals surface area contributed by atoms with E-state index in [2.05, 4.69) is 20.5 Å². The lowest BCUT2D eigenvalue weighted by Crippen LogP contribution is -2.52. The first-order valence-corrected chi connectivity index (χ1v) is 11.9. The standard InChI is InChI=1S/C24H36N4O3/c29-22(15-9-16-23(30)27-21-14-7-8-17-25-21)26-18-24(31)28(19-10-3-1-4-11-19)20-12-5-2-6-13-20/h7-8,14,17,19-20H,1-6,9-13,15-16,18H2,(H,26,29)(H,25,27,30). The van der Waals surface area contributed by atoms with Gasteiger partial charge in [-0.15, -0.1) is 0 Å². The summed E-state index contributed by atoms with van der Waals surface area (Å²) in [4.78, 5) is 43.4. The normalized spacial score (nSPS) is 17.7. The molecule has 3 rings (SSSR count). The summed E-state index contributed by atoms with van der Waals surface area (Å²) in [5.41, 5.74) is 0. The highest BCUT2D eigenvalue weighted by Crippen LogP contribution is 2.30. The molecule has 0 radical (unpaired) electrons.